The average molecular weight is 387 g/mol. The summed E-state index contributed by atoms with van der Waals surface area (Å²) >= 11 is 0. The zero-order valence-corrected chi connectivity index (χ0v) is 16.3. The van der Waals surface area contributed by atoms with Crippen LogP contribution in [0.1, 0.15) is 32.1 Å². The second-order valence-electron chi connectivity index (χ2n) is 8.18. The van der Waals surface area contributed by atoms with Gasteiger partial charge < -0.3 is 15.4 Å². The fraction of sp³-hybridized carbons (Fsp3) is 0.333. The van der Waals surface area contributed by atoms with Crippen LogP contribution >= 0.6 is 0 Å². The maximum atomic E-state index is 12.5. The van der Waals surface area contributed by atoms with Gasteiger partial charge in [-0.05, 0) is 74.1 Å². The molecule has 2 aliphatic rings. The van der Waals surface area contributed by atoms with Gasteiger partial charge in [0.2, 0.25) is 5.91 Å². The molecule has 2 N–H and O–H groups in total. The molecule has 5 heteroatoms. The SMILES string of the molecule is O=C(CC1CC2CCC(C1)N2)Nc1ccc(Oc2ccnc3ccccc23)cc1. The highest BCUT2D eigenvalue weighted by atomic mass is 16.5. The number of piperidine rings is 1. The molecule has 2 bridgehead atoms. The molecule has 0 spiro atoms. The van der Waals surface area contributed by atoms with E-state index in [0.717, 1.165) is 40.9 Å². The van der Waals surface area contributed by atoms with E-state index in [-0.39, 0.29) is 5.91 Å². The van der Waals surface area contributed by atoms with E-state index in [9.17, 15) is 4.79 Å². The molecule has 3 heterocycles. The fourth-order valence-electron chi connectivity index (χ4n) is 4.71. The number of ether oxygens (including phenoxy) is 1. The first kappa shape index (κ1) is 18.1. The van der Waals surface area contributed by atoms with Crippen molar-refractivity contribution in [2.75, 3.05) is 5.32 Å². The van der Waals surface area contributed by atoms with Gasteiger partial charge in [-0.2, -0.15) is 0 Å². The minimum Gasteiger partial charge on any atom is -0.457 e. The minimum atomic E-state index is 0.102. The number of carbonyl (C=O) groups is 1. The quantitative estimate of drug-likeness (QED) is 0.654. The van der Waals surface area contributed by atoms with Crippen LogP contribution in [0.2, 0.25) is 0 Å². The summed E-state index contributed by atoms with van der Waals surface area (Å²) in [7, 11) is 0. The van der Waals surface area contributed by atoms with Gasteiger partial charge in [-0.1, -0.05) is 12.1 Å². The first-order valence-corrected chi connectivity index (χ1v) is 10.4. The Bertz CT molecular complexity index is 1000. The zero-order valence-electron chi connectivity index (χ0n) is 16.3. The van der Waals surface area contributed by atoms with Gasteiger partial charge in [0, 0.05) is 35.8 Å². The zero-order chi connectivity index (χ0) is 19.6. The van der Waals surface area contributed by atoms with E-state index in [2.05, 4.69) is 15.6 Å². The smallest absolute Gasteiger partial charge is 0.224 e. The first-order valence-electron chi connectivity index (χ1n) is 10.4. The van der Waals surface area contributed by atoms with Crippen molar-refractivity contribution in [3.8, 4) is 11.5 Å². The summed E-state index contributed by atoms with van der Waals surface area (Å²) in [5.74, 6) is 2.10. The number of benzene rings is 2. The van der Waals surface area contributed by atoms with E-state index in [1.165, 1.54) is 12.8 Å². The molecule has 2 aliphatic heterocycles. The summed E-state index contributed by atoms with van der Waals surface area (Å²) in [6.45, 7) is 0. The first-order chi connectivity index (χ1) is 14.2. The number of anilines is 1. The number of fused-ring (bicyclic) bond motifs is 3. The van der Waals surface area contributed by atoms with E-state index in [0.29, 0.717) is 24.4 Å². The monoisotopic (exact) mass is 387 g/mol. The highest BCUT2D eigenvalue weighted by Crippen LogP contribution is 2.33. The van der Waals surface area contributed by atoms with Crippen LogP contribution < -0.4 is 15.4 Å². The van der Waals surface area contributed by atoms with Gasteiger partial charge in [0.15, 0.2) is 0 Å². The summed E-state index contributed by atoms with van der Waals surface area (Å²) in [5.41, 5.74) is 1.71. The second kappa shape index (κ2) is 7.84. The molecule has 0 saturated carbocycles. The number of aromatic nitrogens is 1. The van der Waals surface area contributed by atoms with Crippen molar-refractivity contribution >= 4 is 22.5 Å². The molecule has 2 aromatic carbocycles. The summed E-state index contributed by atoms with van der Waals surface area (Å²) in [5, 5.41) is 7.64. The normalized spacial score (nSPS) is 23.1. The Morgan fingerprint density at radius 1 is 1.03 bits per heavy atom. The van der Waals surface area contributed by atoms with Crippen LogP contribution in [0, 0.1) is 5.92 Å². The predicted molar refractivity (Wildman–Crippen MR) is 114 cm³/mol. The molecule has 3 aromatic rings. The summed E-state index contributed by atoms with van der Waals surface area (Å²) < 4.78 is 6.04. The number of carbonyl (C=O) groups excluding carboxylic acids is 1. The Morgan fingerprint density at radius 2 is 1.79 bits per heavy atom. The lowest BCUT2D eigenvalue weighted by Gasteiger charge is -2.28. The molecule has 0 aliphatic carbocycles. The number of pyridine rings is 1. The standard InChI is InChI=1S/C24H25N3O2/c28-24(15-16-13-18-5-6-19(14-16)26-18)27-17-7-9-20(10-8-17)29-23-11-12-25-22-4-2-1-3-21(22)23/h1-4,7-12,16,18-19,26H,5-6,13-15H2,(H,27,28). The third-order valence-electron chi connectivity index (χ3n) is 6.02. The molecule has 5 nitrogen and oxygen atoms in total. The Balaban J connectivity index is 1.20. The number of nitrogens with zero attached hydrogens (tertiary/aromatic N) is 1. The fourth-order valence-corrected chi connectivity index (χ4v) is 4.71. The van der Waals surface area contributed by atoms with Crippen LogP contribution in [0.15, 0.2) is 60.8 Å². The van der Waals surface area contributed by atoms with Crippen molar-refractivity contribution in [1.29, 1.82) is 0 Å². The van der Waals surface area contributed by atoms with Gasteiger partial charge in [-0.15, -0.1) is 0 Å². The third-order valence-corrected chi connectivity index (χ3v) is 6.02. The molecular formula is C24H25N3O2. The van der Waals surface area contributed by atoms with Crippen molar-refractivity contribution in [2.45, 2.75) is 44.2 Å². The molecule has 2 atom stereocenters. The van der Waals surface area contributed by atoms with Gasteiger partial charge in [0.1, 0.15) is 11.5 Å². The molecule has 2 fully saturated rings. The van der Waals surface area contributed by atoms with Crippen molar-refractivity contribution in [3.63, 3.8) is 0 Å². The highest BCUT2D eigenvalue weighted by molar-refractivity contribution is 5.91. The van der Waals surface area contributed by atoms with Crippen molar-refractivity contribution in [1.82, 2.24) is 10.3 Å². The Labute approximate surface area is 170 Å². The summed E-state index contributed by atoms with van der Waals surface area (Å²) in [6.07, 6.45) is 7.12. The summed E-state index contributed by atoms with van der Waals surface area (Å²) in [6, 6.07) is 18.6. The number of hydrogen-bond acceptors (Lipinski definition) is 4. The number of nitrogens with one attached hydrogen (secondary N) is 2. The molecule has 1 amide bonds. The van der Waals surface area contributed by atoms with Crippen molar-refractivity contribution < 1.29 is 9.53 Å². The van der Waals surface area contributed by atoms with E-state index in [1.807, 2.05) is 54.6 Å². The van der Waals surface area contributed by atoms with Crippen LogP contribution in [0.3, 0.4) is 0 Å². The molecule has 2 saturated heterocycles. The van der Waals surface area contributed by atoms with Crippen LogP contribution in [0.4, 0.5) is 5.69 Å². The molecule has 1 aromatic heterocycles. The lowest BCUT2D eigenvalue weighted by Crippen LogP contribution is -2.39. The number of amides is 1. The van der Waals surface area contributed by atoms with Crippen molar-refractivity contribution in [2.24, 2.45) is 5.92 Å². The van der Waals surface area contributed by atoms with Crippen LogP contribution in [-0.4, -0.2) is 23.0 Å². The molecule has 29 heavy (non-hydrogen) atoms. The summed E-state index contributed by atoms with van der Waals surface area (Å²) in [4.78, 5) is 16.8. The van der Waals surface area contributed by atoms with Crippen LogP contribution in [-0.2, 0) is 4.79 Å². The lowest BCUT2D eigenvalue weighted by molar-refractivity contribution is -0.117. The van der Waals surface area contributed by atoms with Crippen LogP contribution in [0.25, 0.3) is 10.9 Å². The maximum absolute atomic E-state index is 12.5. The van der Waals surface area contributed by atoms with Crippen LogP contribution in [0.5, 0.6) is 11.5 Å². The van der Waals surface area contributed by atoms with Crippen molar-refractivity contribution in [3.05, 3.63) is 60.8 Å². The lowest BCUT2D eigenvalue weighted by atomic mass is 9.89. The van der Waals surface area contributed by atoms with E-state index < -0.39 is 0 Å². The molecule has 148 valence electrons. The van der Waals surface area contributed by atoms with Gasteiger partial charge in [-0.25, -0.2) is 0 Å². The van der Waals surface area contributed by atoms with Gasteiger partial charge in [-0.3, -0.25) is 9.78 Å². The minimum absolute atomic E-state index is 0.102. The topological polar surface area (TPSA) is 63.2 Å². The number of hydrogen-bond donors (Lipinski definition) is 2. The van der Waals surface area contributed by atoms with E-state index >= 15 is 0 Å². The predicted octanol–water partition coefficient (Wildman–Crippen LogP) is 4.89. The maximum Gasteiger partial charge on any atom is 0.224 e. The second-order valence-corrected chi connectivity index (χ2v) is 8.18. The Morgan fingerprint density at radius 3 is 2.59 bits per heavy atom. The van der Waals surface area contributed by atoms with E-state index in [1.54, 1.807) is 6.20 Å². The van der Waals surface area contributed by atoms with Gasteiger partial charge in [0.05, 0.1) is 5.52 Å². The number of para-hydroxylation sites is 1. The third kappa shape index (κ3) is 4.10. The highest BCUT2D eigenvalue weighted by Gasteiger charge is 2.34. The Hall–Kier alpha value is -2.92. The average Bonchev–Trinajstić information content (AvgIpc) is 3.08. The van der Waals surface area contributed by atoms with Gasteiger partial charge in [0.25, 0.3) is 0 Å². The Kier molecular flexibility index (Phi) is 4.90. The van der Waals surface area contributed by atoms with E-state index in [4.69, 9.17) is 4.74 Å². The number of rotatable bonds is 5. The van der Waals surface area contributed by atoms with Gasteiger partial charge >= 0.3 is 0 Å². The molecule has 2 unspecified atom stereocenters. The largest absolute Gasteiger partial charge is 0.457 e. The molecule has 0 radical (unpaired) electrons. The molecular weight excluding hydrogens is 362 g/mol. The molecule has 5 rings (SSSR count).